The molecule has 5 heteroatoms. The zero-order valence-corrected chi connectivity index (χ0v) is 14.4. The van der Waals surface area contributed by atoms with E-state index in [-0.39, 0.29) is 11.9 Å². The predicted octanol–water partition coefficient (Wildman–Crippen LogP) is 3.00. The fourth-order valence-corrected chi connectivity index (χ4v) is 2.36. The molecule has 0 aliphatic carbocycles. The van der Waals surface area contributed by atoms with E-state index in [0.29, 0.717) is 16.6 Å². The maximum absolute atomic E-state index is 12.4. The molecule has 21 heavy (non-hydrogen) atoms. The number of amides is 1. The molecule has 4 nitrogen and oxygen atoms in total. The fourth-order valence-electron chi connectivity index (χ4n) is 2.13. The van der Waals surface area contributed by atoms with Crippen LogP contribution in [0.4, 0.5) is 0 Å². The summed E-state index contributed by atoms with van der Waals surface area (Å²) in [7, 11) is 4.01. The van der Waals surface area contributed by atoms with Gasteiger partial charge in [-0.25, -0.2) is 4.98 Å². The predicted molar refractivity (Wildman–Crippen MR) is 87.9 cm³/mol. The van der Waals surface area contributed by atoms with Crippen LogP contribution in [0.5, 0.6) is 0 Å². The molecule has 0 bridgehead atoms. The van der Waals surface area contributed by atoms with Crippen molar-refractivity contribution in [2.75, 3.05) is 20.6 Å². The SMILES string of the molecule is CCCc1cc(C(=O)NC(CN(C)C)C(C)C)cc(Cl)n1. The van der Waals surface area contributed by atoms with Gasteiger partial charge in [0.15, 0.2) is 0 Å². The minimum Gasteiger partial charge on any atom is -0.348 e. The van der Waals surface area contributed by atoms with Crippen LogP contribution < -0.4 is 5.32 Å². The van der Waals surface area contributed by atoms with Gasteiger partial charge in [-0.1, -0.05) is 38.8 Å². The quantitative estimate of drug-likeness (QED) is 0.787. The number of aryl methyl sites for hydroxylation is 1. The van der Waals surface area contributed by atoms with Crippen molar-refractivity contribution in [3.05, 3.63) is 28.5 Å². The largest absolute Gasteiger partial charge is 0.348 e. The highest BCUT2D eigenvalue weighted by Gasteiger charge is 2.18. The van der Waals surface area contributed by atoms with Crippen molar-refractivity contribution in [1.82, 2.24) is 15.2 Å². The second-order valence-electron chi connectivity index (χ2n) is 6.01. The van der Waals surface area contributed by atoms with Crippen LogP contribution >= 0.6 is 11.6 Å². The van der Waals surface area contributed by atoms with Crippen LogP contribution in [0.2, 0.25) is 5.15 Å². The summed E-state index contributed by atoms with van der Waals surface area (Å²) in [4.78, 5) is 18.8. The van der Waals surface area contributed by atoms with Crippen molar-refractivity contribution in [1.29, 1.82) is 0 Å². The van der Waals surface area contributed by atoms with Gasteiger partial charge in [0.05, 0.1) is 0 Å². The lowest BCUT2D eigenvalue weighted by atomic mass is 10.0. The molecule has 1 aromatic heterocycles. The van der Waals surface area contributed by atoms with Crippen molar-refractivity contribution < 1.29 is 4.79 Å². The number of aromatic nitrogens is 1. The summed E-state index contributed by atoms with van der Waals surface area (Å²) in [6, 6.07) is 3.56. The lowest BCUT2D eigenvalue weighted by Gasteiger charge is -2.25. The van der Waals surface area contributed by atoms with Gasteiger partial charge in [-0.2, -0.15) is 0 Å². The number of hydrogen-bond acceptors (Lipinski definition) is 3. The first-order chi connectivity index (χ1) is 9.83. The van der Waals surface area contributed by atoms with Crippen molar-refractivity contribution >= 4 is 17.5 Å². The third-order valence-electron chi connectivity index (χ3n) is 3.30. The van der Waals surface area contributed by atoms with Crippen molar-refractivity contribution in [3.8, 4) is 0 Å². The molecular weight excluding hydrogens is 286 g/mol. The maximum atomic E-state index is 12.4. The molecule has 1 heterocycles. The molecule has 1 aromatic rings. The van der Waals surface area contributed by atoms with E-state index >= 15 is 0 Å². The Hall–Kier alpha value is -1.13. The van der Waals surface area contributed by atoms with Gasteiger partial charge in [-0.15, -0.1) is 0 Å². The number of pyridine rings is 1. The van der Waals surface area contributed by atoms with E-state index in [1.165, 1.54) is 0 Å². The lowest BCUT2D eigenvalue weighted by Crippen LogP contribution is -2.45. The molecule has 1 amide bonds. The molecule has 0 aliphatic heterocycles. The van der Waals surface area contributed by atoms with Crippen molar-refractivity contribution in [2.45, 2.75) is 39.7 Å². The molecule has 1 atom stereocenters. The van der Waals surface area contributed by atoms with Gasteiger partial charge in [0.2, 0.25) is 0 Å². The summed E-state index contributed by atoms with van der Waals surface area (Å²) in [5.74, 6) is 0.279. The van der Waals surface area contributed by atoms with E-state index in [2.05, 4.69) is 36.0 Å². The molecule has 0 saturated heterocycles. The Morgan fingerprint density at radius 3 is 2.57 bits per heavy atom. The Balaban J connectivity index is 2.86. The summed E-state index contributed by atoms with van der Waals surface area (Å²) < 4.78 is 0. The minimum atomic E-state index is -0.0859. The molecule has 0 aromatic carbocycles. The van der Waals surface area contributed by atoms with Crippen molar-refractivity contribution in [3.63, 3.8) is 0 Å². The molecule has 118 valence electrons. The fraction of sp³-hybridized carbons (Fsp3) is 0.625. The highest BCUT2D eigenvalue weighted by Crippen LogP contribution is 2.13. The molecule has 1 rings (SSSR count). The van der Waals surface area contributed by atoms with Gasteiger partial charge in [0.1, 0.15) is 5.15 Å². The van der Waals surface area contributed by atoms with Gasteiger partial charge >= 0.3 is 0 Å². The minimum absolute atomic E-state index is 0.0859. The van der Waals surface area contributed by atoms with Gasteiger partial charge in [0.25, 0.3) is 5.91 Å². The Morgan fingerprint density at radius 2 is 2.05 bits per heavy atom. The van der Waals surface area contributed by atoms with Crippen LogP contribution in [0.15, 0.2) is 12.1 Å². The molecule has 1 N–H and O–H groups in total. The van der Waals surface area contributed by atoms with Crippen LogP contribution in [0.1, 0.15) is 43.2 Å². The molecule has 0 radical (unpaired) electrons. The maximum Gasteiger partial charge on any atom is 0.251 e. The summed E-state index contributed by atoms with van der Waals surface area (Å²) in [5, 5.41) is 3.47. The Labute approximate surface area is 132 Å². The average Bonchev–Trinajstić information content (AvgIpc) is 2.36. The van der Waals surface area contributed by atoms with Crippen LogP contribution in [-0.2, 0) is 6.42 Å². The zero-order valence-electron chi connectivity index (χ0n) is 13.6. The summed E-state index contributed by atoms with van der Waals surface area (Å²) >= 11 is 6.01. The standard InChI is InChI=1S/C16H26ClN3O/c1-6-7-13-8-12(9-15(17)18-13)16(21)19-14(11(2)3)10-20(4)5/h8-9,11,14H,6-7,10H2,1-5H3,(H,19,21). The number of nitrogens with one attached hydrogen (secondary N) is 1. The number of carbonyl (C=O) groups excluding carboxylic acids is 1. The van der Waals surface area contributed by atoms with E-state index in [9.17, 15) is 4.79 Å². The van der Waals surface area contributed by atoms with Crippen LogP contribution in [0.25, 0.3) is 0 Å². The molecule has 1 unspecified atom stereocenters. The lowest BCUT2D eigenvalue weighted by molar-refractivity contribution is 0.0916. The Kier molecular flexibility index (Phi) is 7.12. The molecule has 0 fully saturated rings. The molecule has 0 spiro atoms. The third-order valence-corrected chi connectivity index (χ3v) is 3.49. The first-order valence-corrected chi connectivity index (χ1v) is 7.83. The normalized spacial score (nSPS) is 12.8. The van der Waals surface area contributed by atoms with Crippen LogP contribution in [-0.4, -0.2) is 42.5 Å². The van der Waals surface area contributed by atoms with Gasteiger partial charge in [-0.3, -0.25) is 4.79 Å². The number of nitrogens with zero attached hydrogens (tertiary/aromatic N) is 2. The zero-order chi connectivity index (χ0) is 16.0. The summed E-state index contributed by atoms with van der Waals surface area (Å²) in [6.07, 6.45) is 1.80. The highest BCUT2D eigenvalue weighted by molar-refractivity contribution is 6.29. The van der Waals surface area contributed by atoms with E-state index in [0.717, 1.165) is 25.1 Å². The number of hydrogen-bond donors (Lipinski definition) is 1. The van der Waals surface area contributed by atoms with Crippen LogP contribution in [0, 0.1) is 5.92 Å². The Morgan fingerprint density at radius 1 is 1.38 bits per heavy atom. The van der Waals surface area contributed by atoms with E-state index in [1.807, 2.05) is 20.2 Å². The first kappa shape index (κ1) is 17.9. The Bertz CT molecular complexity index is 475. The highest BCUT2D eigenvalue weighted by atomic mass is 35.5. The van der Waals surface area contributed by atoms with Gasteiger partial charge in [-0.05, 0) is 38.6 Å². The second kappa shape index (κ2) is 8.35. The first-order valence-electron chi connectivity index (χ1n) is 7.45. The van der Waals surface area contributed by atoms with Crippen molar-refractivity contribution in [2.24, 2.45) is 5.92 Å². The van der Waals surface area contributed by atoms with Gasteiger partial charge < -0.3 is 10.2 Å². The number of carbonyl (C=O) groups is 1. The molecule has 0 aliphatic rings. The monoisotopic (exact) mass is 311 g/mol. The molecular formula is C16H26ClN3O. The molecule has 0 saturated carbocycles. The van der Waals surface area contributed by atoms with E-state index < -0.39 is 0 Å². The van der Waals surface area contributed by atoms with Gasteiger partial charge in [0, 0.05) is 23.8 Å². The summed E-state index contributed by atoms with van der Waals surface area (Å²) in [5.41, 5.74) is 1.45. The number of likely N-dealkylation sites (N-methyl/N-ethyl adjacent to an activating group) is 1. The van der Waals surface area contributed by atoms with E-state index in [1.54, 1.807) is 6.07 Å². The third kappa shape index (κ3) is 6.02. The van der Waals surface area contributed by atoms with Crippen LogP contribution in [0.3, 0.4) is 0 Å². The number of rotatable bonds is 7. The smallest absolute Gasteiger partial charge is 0.251 e. The summed E-state index contributed by atoms with van der Waals surface area (Å²) in [6.45, 7) is 7.10. The second-order valence-corrected chi connectivity index (χ2v) is 6.39. The average molecular weight is 312 g/mol. The van der Waals surface area contributed by atoms with E-state index in [4.69, 9.17) is 11.6 Å². The topological polar surface area (TPSA) is 45.2 Å². The number of halogens is 1.